The van der Waals surface area contributed by atoms with Gasteiger partial charge in [-0.2, -0.15) is 13.2 Å². The number of rotatable bonds is 3. The molecule has 2 aliphatic heterocycles. The summed E-state index contributed by atoms with van der Waals surface area (Å²) < 4.78 is 47.7. The van der Waals surface area contributed by atoms with Crippen molar-refractivity contribution in [2.45, 2.75) is 30.7 Å². The second kappa shape index (κ2) is 7.60. The van der Waals surface area contributed by atoms with Gasteiger partial charge in [-0.05, 0) is 69.3 Å². The zero-order valence-corrected chi connectivity index (χ0v) is 18.3. The second-order valence-electron chi connectivity index (χ2n) is 5.75. The average molecular weight is 597 g/mol. The molecule has 0 spiro atoms. The van der Waals surface area contributed by atoms with Gasteiger partial charge in [-0.15, -0.1) is 0 Å². The molecule has 0 fully saturated rings. The lowest BCUT2D eigenvalue weighted by molar-refractivity contribution is -0.255. The van der Waals surface area contributed by atoms with Gasteiger partial charge in [-0.3, -0.25) is 0 Å². The van der Waals surface area contributed by atoms with E-state index in [9.17, 15) is 13.2 Å². The van der Waals surface area contributed by atoms with E-state index in [0.717, 1.165) is 24.2 Å². The number of thioether (sulfide) groups is 1. The Morgan fingerprint density at radius 2 is 2.00 bits per heavy atom. The van der Waals surface area contributed by atoms with Gasteiger partial charge in [0.2, 0.25) is 0 Å². The van der Waals surface area contributed by atoms with Crippen molar-refractivity contribution in [2.24, 2.45) is 5.73 Å². The maximum absolute atomic E-state index is 13.5. The minimum atomic E-state index is -4.37. The number of nitrogens with one attached hydrogen (secondary N) is 1. The molecule has 4 nitrogen and oxygen atoms in total. The third-order valence-corrected chi connectivity index (χ3v) is 6.91. The van der Waals surface area contributed by atoms with Crippen LogP contribution >= 0.6 is 56.9 Å². The molecule has 1 aromatic rings. The van der Waals surface area contributed by atoms with Crippen molar-refractivity contribution < 1.29 is 17.9 Å². The van der Waals surface area contributed by atoms with Crippen LogP contribution in [0.1, 0.15) is 12.0 Å². The van der Waals surface area contributed by atoms with Crippen molar-refractivity contribution in [1.29, 1.82) is 0 Å². The molecule has 10 heteroatoms. The van der Waals surface area contributed by atoms with Crippen molar-refractivity contribution >= 4 is 56.9 Å². The zero-order valence-electron chi connectivity index (χ0n) is 13.2. The Morgan fingerprint density at radius 3 is 2.56 bits per heavy atom. The number of alkyl halides is 3. The van der Waals surface area contributed by atoms with Gasteiger partial charge in [0.05, 0.1) is 20.3 Å². The molecule has 0 saturated heterocycles. The Hall–Kier alpha value is 0.0800. The van der Waals surface area contributed by atoms with Gasteiger partial charge >= 0.3 is 6.30 Å². The molecule has 0 amide bonds. The first-order valence-corrected chi connectivity index (χ1v) is 10.5. The maximum atomic E-state index is 13.5. The highest BCUT2D eigenvalue weighted by atomic mass is 127. The molecule has 0 aliphatic carbocycles. The van der Waals surface area contributed by atoms with Crippen molar-refractivity contribution in [2.75, 3.05) is 13.7 Å². The Kier molecular flexibility index (Phi) is 6.03. The molecule has 0 radical (unpaired) electrons. The molecular formula is C15H16F3I2N3OS. The summed E-state index contributed by atoms with van der Waals surface area (Å²) >= 11 is 5.58. The van der Waals surface area contributed by atoms with Crippen LogP contribution in [0.3, 0.4) is 0 Å². The first kappa shape index (κ1) is 19.8. The van der Waals surface area contributed by atoms with E-state index in [1.165, 1.54) is 11.8 Å². The molecule has 25 heavy (non-hydrogen) atoms. The van der Waals surface area contributed by atoms with E-state index in [4.69, 9.17) is 10.5 Å². The molecule has 2 atom stereocenters. The third-order valence-electron chi connectivity index (χ3n) is 4.17. The molecule has 2 aliphatic rings. The molecule has 0 bridgehead atoms. The number of nitrogens with two attached hydrogens (primary N) is 1. The van der Waals surface area contributed by atoms with Crippen LogP contribution in [0.2, 0.25) is 0 Å². The molecular weight excluding hydrogens is 581 g/mol. The molecule has 0 aromatic heterocycles. The lowest BCUT2D eigenvalue weighted by atomic mass is 9.99. The highest BCUT2D eigenvalue weighted by molar-refractivity contribution is 14.1. The molecule has 2 unspecified atom stereocenters. The van der Waals surface area contributed by atoms with Gasteiger partial charge in [0, 0.05) is 23.6 Å². The Bertz CT molecular complexity index is 691. The molecule has 0 saturated carbocycles. The first-order valence-electron chi connectivity index (χ1n) is 7.48. The lowest BCUT2D eigenvalue weighted by Gasteiger charge is -2.37. The molecule has 1 aromatic carbocycles. The van der Waals surface area contributed by atoms with Crippen molar-refractivity contribution in [3.8, 4) is 5.75 Å². The van der Waals surface area contributed by atoms with E-state index < -0.39 is 12.3 Å². The summed E-state index contributed by atoms with van der Waals surface area (Å²) in [6, 6.07) is 3.02. The van der Waals surface area contributed by atoms with Gasteiger partial charge in [-0.1, -0.05) is 11.8 Å². The van der Waals surface area contributed by atoms with E-state index >= 15 is 0 Å². The summed E-state index contributed by atoms with van der Waals surface area (Å²) in [6.07, 6.45) is -3.76. The smallest absolute Gasteiger partial charge is 0.460 e. The van der Waals surface area contributed by atoms with Crippen LogP contribution in [0.4, 0.5) is 13.2 Å². The standard InChI is InChI=1S/C15H16F3I2N3OS/c1-24-12-8(19)4-7(5-9(12)20)6-11-13-10(22-14(21)25-13)2-3-23(11)15(16,17)18/h4-5,11,14,22H,2-3,6,21H2,1H3. The first-order chi connectivity index (χ1) is 11.7. The van der Waals surface area contributed by atoms with E-state index in [2.05, 4.69) is 50.5 Å². The Balaban J connectivity index is 1.95. The summed E-state index contributed by atoms with van der Waals surface area (Å²) in [6.45, 7) is -0.0579. The fourth-order valence-electron chi connectivity index (χ4n) is 3.14. The zero-order chi connectivity index (χ0) is 18.4. The maximum Gasteiger partial charge on any atom is 0.460 e. The van der Waals surface area contributed by atoms with E-state index in [1.54, 1.807) is 7.11 Å². The lowest BCUT2D eigenvalue weighted by Crippen LogP contribution is -2.50. The highest BCUT2D eigenvalue weighted by Gasteiger charge is 2.47. The monoisotopic (exact) mass is 597 g/mol. The third kappa shape index (κ3) is 4.17. The topological polar surface area (TPSA) is 50.5 Å². The van der Waals surface area contributed by atoms with Gasteiger partial charge < -0.3 is 15.8 Å². The highest BCUT2D eigenvalue weighted by Crippen LogP contribution is 2.43. The predicted octanol–water partition coefficient (Wildman–Crippen LogP) is 3.83. The van der Waals surface area contributed by atoms with Gasteiger partial charge in [0.25, 0.3) is 0 Å². The fourth-order valence-corrected chi connectivity index (χ4v) is 6.62. The van der Waals surface area contributed by atoms with Crippen LogP contribution in [-0.4, -0.2) is 36.4 Å². The number of hydrogen-bond acceptors (Lipinski definition) is 5. The van der Waals surface area contributed by atoms with Crippen molar-refractivity contribution in [1.82, 2.24) is 10.2 Å². The summed E-state index contributed by atoms with van der Waals surface area (Å²) in [4.78, 5) is 1.33. The van der Waals surface area contributed by atoms with Gasteiger partial charge in [0.15, 0.2) is 0 Å². The van der Waals surface area contributed by atoms with Crippen LogP contribution in [0.25, 0.3) is 0 Å². The van der Waals surface area contributed by atoms with E-state index in [-0.39, 0.29) is 18.5 Å². The quantitative estimate of drug-likeness (QED) is 0.410. The number of ether oxygens (including phenoxy) is 1. The van der Waals surface area contributed by atoms with Crippen LogP contribution < -0.4 is 15.8 Å². The summed E-state index contributed by atoms with van der Waals surface area (Å²) in [7, 11) is 1.59. The van der Waals surface area contributed by atoms with Crippen molar-refractivity contribution in [3.63, 3.8) is 0 Å². The van der Waals surface area contributed by atoms with Crippen molar-refractivity contribution in [3.05, 3.63) is 35.4 Å². The van der Waals surface area contributed by atoms with Gasteiger partial charge in [-0.25, -0.2) is 4.90 Å². The number of hydrogen-bond donors (Lipinski definition) is 2. The Morgan fingerprint density at radius 1 is 1.36 bits per heavy atom. The van der Waals surface area contributed by atoms with E-state index in [1.807, 2.05) is 12.1 Å². The number of nitrogens with zero attached hydrogens (tertiary/aromatic N) is 1. The number of benzene rings is 1. The summed E-state index contributed by atoms with van der Waals surface area (Å²) in [5.74, 6) is 0.750. The van der Waals surface area contributed by atoms with E-state index in [0.29, 0.717) is 16.2 Å². The number of methoxy groups -OCH3 is 1. The number of halogens is 5. The largest absolute Gasteiger partial charge is 0.495 e. The molecule has 2 heterocycles. The molecule has 3 rings (SSSR count). The van der Waals surface area contributed by atoms with Crippen LogP contribution in [0, 0.1) is 7.14 Å². The Labute approximate surface area is 175 Å². The van der Waals surface area contributed by atoms with Crippen LogP contribution in [0.15, 0.2) is 22.7 Å². The molecule has 3 N–H and O–H groups in total. The normalized spacial score (nSPS) is 24.3. The minimum Gasteiger partial charge on any atom is -0.495 e. The van der Waals surface area contributed by atoms with Crippen LogP contribution in [-0.2, 0) is 6.42 Å². The average Bonchev–Trinajstić information content (AvgIpc) is 2.87. The fraction of sp³-hybridized carbons (Fsp3) is 0.467. The summed E-state index contributed by atoms with van der Waals surface area (Å²) in [5.41, 5.74) is 7.20. The SMILES string of the molecule is COc1c(I)cc(CC2C3=C(CCN2C(F)(F)F)NC(N)S3)cc1I. The van der Waals surface area contributed by atoms with Gasteiger partial charge in [0.1, 0.15) is 11.2 Å². The molecule has 138 valence electrons. The summed E-state index contributed by atoms with van der Waals surface area (Å²) in [5, 5.41) is 3.09. The second-order valence-corrected chi connectivity index (χ2v) is 9.26. The minimum absolute atomic E-state index is 0.0579. The predicted molar refractivity (Wildman–Crippen MR) is 109 cm³/mol. The van der Waals surface area contributed by atoms with Crippen LogP contribution in [0.5, 0.6) is 5.75 Å².